The van der Waals surface area contributed by atoms with Gasteiger partial charge in [0, 0.05) is 50.4 Å². The molecule has 1 saturated heterocycles. The summed E-state index contributed by atoms with van der Waals surface area (Å²) < 4.78 is 0. The number of piperazine rings is 1. The Hall–Kier alpha value is -2.04. The highest BCUT2D eigenvalue weighted by Gasteiger charge is 2.25. The summed E-state index contributed by atoms with van der Waals surface area (Å²) in [6.45, 7) is 8.93. The van der Waals surface area contributed by atoms with Crippen molar-refractivity contribution in [1.29, 1.82) is 0 Å². The maximum absolute atomic E-state index is 12.4. The Morgan fingerprint density at radius 1 is 1.04 bits per heavy atom. The van der Waals surface area contributed by atoms with Crippen LogP contribution in [0.3, 0.4) is 0 Å². The Morgan fingerprint density at radius 2 is 1.61 bits per heavy atom. The SMILES string of the molecule is CCC(CC)C(=O)N1CCN(c2ccc(NC(C)=O)cc2)CC1. The molecule has 0 aliphatic carbocycles. The minimum atomic E-state index is -0.0636. The average molecular weight is 317 g/mol. The molecular formula is C18H27N3O2. The third kappa shape index (κ3) is 4.47. The molecule has 5 nitrogen and oxygen atoms in total. The average Bonchev–Trinajstić information content (AvgIpc) is 2.56. The van der Waals surface area contributed by atoms with Gasteiger partial charge in [-0.3, -0.25) is 9.59 Å². The van der Waals surface area contributed by atoms with Crippen LogP contribution in [0.15, 0.2) is 24.3 Å². The van der Waals surface area contributed by atoms with Gasteiger partial charge in [0.15, 0.2) is 0 Å². The summed E-state index contributed by atoms with van der Waals surface area (Å²) in [7, 11) is 0. The topological polar surface area (TPSA) is 52.7 Å². The normalized spacial score (nSPS) is 15.0. The van der Waals surface area contributed by atoms with E-state index in [-0.39, 0.29) is 11.8 Å². The van der Waals surface area contributed by atoms with E-state index in [1.807, 2.05) is 29.2 Å². The molecule has 2 amide bonds. The number of hydrogen-bond donors (Lipinski definition) is 1. The molecule has 0 aromatic heterocycles. The molecule has 1 aromatic rings. The molecular weight excluding hydrogens is 290 g/mol. The molecule has 1 heterocycles. The molecule has 0 radical (unpaired) electrons. The highest BCUT2D eigenvalue weighted by Crippen LogP contribution is 2.21. The van der Waals surface area contributed by atoms with Gasteiger partial charge in [-0.25, -0.2) is 0 Å². The van der Waals surface area contributed by atoms with Gasteiger partial charge in [0.2, 0.25) is 11.8 Å². The fourth-order valence-electron chi connectivity index (χ4n) is 3.04. The third-order valence-corrected chi connectivity index (χ3v) is 4.48. The first-order chi connectivity index (χ1) is 11.0. The van der Waals surface area contributed by atoms with Gasteiger partial charge in [0.05, 0.1) is 0 Å². The molecule has 0 saturated carbocycles. The van der Waals surface area contributed by atoms with E-state index in [1.54, 1.807) is 0 Å². The highest BCUT2D eigenvalue weighted by atomic mass is 16.2. The number of amides is 2. The van der Waals surface area contributed by atoms with Crippen LogP contribution in [0.5, 0.6) is 0 Å². The molecule has 1 aromatic carbocycles. The summed E-state index contributed by atoms with van der Waals surface area (Å²) in [5.41, 5.74) is 1.94. The first kappa shape index (κ1) is 17.3. The maximum atomic E-state index is 12.4. The Labute approximate surface area is 138 Å². The van der Waals surface area contributed by atoms with Gasteiger partial charge in [0.25, 0.3) is 0 Å². The van der Waals surface area contributed by atoms with Crippen LogP contribution in [0.4, 0.5) is 11.4 Å². The van der Waals surface area contributed by atoms with Crippen molar-refractivity contribution in [3.8, 4) is 0 Å². The summed E-state index contributed by atoms with van der Waals surface area (Å²) in [5, 5.41) is 2.77. The van der Waals surface area contributed by atoms with Crippen molar-refractivity contribution in [2.75, 3.05) is 36.4 Å². The van der Waals surface area contributed by atoms with E-state index in [9.17, 15) is 9.59 Å². The second-order valence-corrected chi connectivity index (χ2v) is 6.05. The molecule has 1 N–H and O–H groups in total. The number of anilines is 2. The monoisotopic (exact) mass is 317 g/mol. The lowest BCUT2D eigenvalue weighted by Crippen LogP contribution is -2.50. The van der Waals surface area contributed by atoms with Crippen LogP contribution < -0.4 is 10.2 Å². The number of hydrogen-bond acceptors (Lipinski definition) is 3. The lowest BCUT2D eigenvalue weighted by molar-refractivity contribution is -0.136. The number of benzene rings is 1. The van der Waals surface area contributed by atoms with Gasteiger partial charge in [-0.1, -0.05) is 13.8 Å². The van der Waals surface area contributed by atoms with Gasteiger partial charge >= 0.3 is 0 Å². The Morgan fingerprint density at radius 3 is 2.09 bits per heavy atom. The molecule has 0 atom stereocenters. The van der Waals surface area contributed by atoms with Gasteiger partial charge < -0.3 is 15.1 Å². The minimum absolute atomic E-state index is 0.0636. The molecule has 5 heteroatoms. The van der Waals surface area contributed by atoms with Crippen LogP contribution in [0, 0.1) is 5.92 Å². The lowest BCUT2D eigenvalue weighted by Gasteiger charge is -2.37. The van der Waals surface area contributed by atoms with Crippen LogP contribution >= 0.6 is 0 Å². The largest absolute Gasteiger partial charge is 0.368 e. The van der Waals surface area contributed by atoms with Crippen molar-refractivity contribution in [3.63, 3.8) is 0 Å². The van der Waals surface area contributed by atoms with Crippen LogP contribution in [-0.2, 0) is 9.59 Å². The molecule has 0 bridgehead atoms. The molecule has 1 fully saturated rings. The third-order valence-electron chi connectivity index (χ3n) is 4.48. The van der Waals surface area contributed by atoms with Gasteiger partial charge in [0.1, 0.15) is 0 Å². The van der Waals surface area contributed by atoms with Crippen molar-refractivity contribution in [3.05, 3.63) is 24.3 Å². The zero-order valence-electron chi connectivity index (χ0n) is 14.3. The number of rotatable bonds is 5. The van der Waals surface area contributed by atoms with Gasteiger partial charge in [-0.05, 0) is 37.1 Å². The summed E-state index contributed by atoms with van der Waals surface area (Å²) in [6.07, 6.45) is 1.83. The molecule has 0 spiro atoms. The van der Waals surface area contributed by atoms with Gasteiger partial charge in [-0.15, -0.1) is 0 Å². The zero-order valence-corrected chi connectivity index (χ0v) is 14.3. The van der Waals surface area contributed by atoms with Crippen molar-refractivity contribution in [1.82, 2.24) is 4.90 Å². The van der Waals surface area contributed by atoms with E-state index in [4.69, 9.17) is 0 Å². The van der Waals surface area contributed by atoms with Crippen LogP contribution in [0.2, 0.25) is 0 Å². The Bertz CT molecular complexity index is 530. The van der Waals surface area contributed by atoms with E-state index in [0.29, 0.717) is 5.91 Å². The van der Waals surface area contributed by atoms with Crippen LogP contribution in [-0.4, -0.2) is 42.9 Å². The standard InChI is InChI=1S/C18H27N3O2/c1-4-15(5-2)18(23)21-12-10-20(11-13-21)17-8-6-16(7-9-17)19-14(3)22/h6-9,15H,4-5,10-13H2,1-3H3,(H,19,22). The predicted molar refractivity (Wildman–Crippen MR) is 93.6 cm³/mol. The fraction of sp³-hybridized carbons (Fsp3) is 0.556. The number of carbonyl (C=O) groups excluding carboxylic acids is 2. The molecule has 1 aliphatic rings. The quantitative estimate of drug-likeness (QED) is 0.908. The van der Waals surface area contributed by atoms with Crippen molar-refractivity contribution < 1.29 is 9.59 Å². The fourth-order valence-corrected chi connectivity index (χ4v) is 3.04. The van der Waals surface area contributed by atoms with Crippen molar-refractivity contribution >= 4 is 23.2 Å². The van der Waals surface area contributed by atoms with Crippen LogP contribution in [0.25, 0.3) is 0 Å². The Balaban J connectivity index is 1.91. The number of carbonyl (C=O) groups is 2. The maximum Gasteiger partial charge on any atom is 0.225 e. The summed E-state index contributed by atoms with van der Waals surface area (Å²) in [5.74, 6) is 0.403. The minimum Gasteiger partial charge on any atom is -0.368 e. The van der Waals surface area contributed by atoms with Gasteiger partial charge in [-0.2, -0.15) is 0 Å². The molecule has 2 rings (SSSR count). The number of nitrogens with one attached hydrogen (secondary N) is 1. The van der Waals surface area contributed by atoms with E-state index in [1.165, 1.54) is 6.92 Å². The molecule has 0 unspecified atom stereocenters. The van der Waals surface area contributed by atoms with Crippen LogP contribution in [0.1, 0.15) is 33.6 Å². The lowest BCUT2D eigenvalue weighted by atomic mass is 10.0. The summed E-state index contributed by atoms with van der Waals surface area (Å²) >= 11 is 0. The number of nitrogens with zero attached hydrogens (tertiary/aromatic N) is 2. The molecule has 23 heavy (non-hydrogen) atoms. The van der Waals surface area contributed by atoms with E-state index in [0.717, 1.165) is 50.4 Å². The second kappa shape index (κ2) is 7.99. The highest BCUT2D eigenvalue weighted by molar-refractivity contribution is 5.88. The van der Waals surface area contributed by atoms with E-state index >= 15 is 0 Å². The summed E-state index contributed by atoms with van der Waals surface area (Å²) in [4.78, 5) is 27.7. The van der Waals surface area contributed by atoms with E-state index in [2.05, 4.69) is 24.1 Å². The van der Waals surface area contributed by atoms with Crippen molar-refractivity contribution in [2.24, 2.45) is 5.92 Å². The Kier molecular flexibility index (Phi) is 6.02. The first-order valence-electron chi connectivity index (χ1n) is 8.46. The predicted octanol–water partition coefficient (Wildman–Crippen LogP) is 2.73. The smallest absolute Gasteiger partial charge is 0.225 e. The van der Waals surface area contributed by atoms with E-state index < -0.39 is 0 Å². The second-order valence-electron chi connectivity index (χ2n) is 6.05. The molecule has 126 valence electrons. The first-order valence-corrected chi connectivity index (χ1v) is 8.46. The summed E-state index contributed by atoms with van der Waals surface area (Å²) in [6, 6.07) is 7.87. The zero-order chi connectivity index (χ0) is 16.8. The molecule has 1 aliphatic heterocycles. The van der Waals surface area contributed by atoms with Crippen molar-refractivity contribution in [2.45, 2.75) is 33.6 Å².